The van der Waals surface area contributed by atoms with E-state index in [-0.39, 0.29) is 0 Å². The number of benzene rings is 1. The molecule has 0 heterocycles. The van der Waals surface area contributed by atoms with Gasteiger partial charge in [-0.25, -0.2) is 9.59 Å². The highest BCUT2D eigenvalue weighted by molar-refractivity contribution is 14.1. The van der Waals surface area contributed by atoms with Crippen LogP contribution in [0.25, 0.3) is 0 Å². The summed E-state index contributed by atoms with van der Waals surface area (Å²) in [7, 11) is 2.52. The molecule has 0 spiro atoms. The molecule has 18 heavy (non-hydrogen) atoms. The molecule has 0 saturated heterocycles. The number of amides is 1. The van der Waals surface area contributed by atoms with Crippen LogP contribution < -0.4 is 5.32 Å². The van der Waals surface area contributed by atoms with Crippen LogP contribution in [0.2, 0.25) is 0 Å². The highest BCUT2D eigenvalue weighted by atomic mass is 127. The van der Waals surface area contributed by atoms with E-state index in [4.69, 9.17) is 0 Å². The summed E-state index contributed by atoms with van der Waals surface area (Å²) in [5, 5.41) is 2.44. The lowest BCUT2D eigenvalue weighted by Crippen LogP contribution is -2.42. The summed E-state index contributed by atoms with van der Waals surface area (Å²) in [6, 6.07) is 6.92. The fraction of sp³-hybridized carbons (Fsp3) is 0.333. The molecule has 0 radical (unpaired) electrons. The van der Waals surface area contributed by atoms with Gasteiger partial charge in [-0.1, -0.05) is 12.1 Å². The lowest BCUT2D eigenvalue weighted by atomic mass is 10.1. The van der Waals surface area contributed by atoms with Crippen LogP contribution in [0.15, 0.2) is 24.3 Å². The monoisotopic (exact) mass is 363 g/mol. The average Bonchev–Trinajstić information content (AvgIpc) is 2.39. The molecular formula is C12H14INO4. The van der Waals surface area contributed by atoms with Crippen molar-refractivity contribution >= 4 is 34.7 Å². The number of alkyl carbamates (subject to hydrolysis) is 1. The molecule has 0 bridgehead atoms. The highest BCUT2D eigenvalue weighted by Crippen LogP contribution is 2.09. The molecular weight excluding hydrogens is 349 g/mol. The normalized spacial score (nSPS) is 11.5. The van der Waals surface area contributed by atoms with Crippen LogP contribution in [-0.2, 0) is 20.7 Å². The minimum atomic E-state index is -0.748. The summed E-state index contributed by atoms with van der Waals surface area (Å²) in [6.45, 7) is 0. The number of halogens is 1. The predicted molar refractivity (Wildman–Crippen MR) is 74.2 cm³/mol. The van der Waals surface area contributed by atoms with Gasteiger partial charge in [0, 0.05) is 9.99 Å². The predicted octanol–water partition coefficient (Wildman–Crippen LogP) is 1.73. The average molecular weight is 363 g/mol. The van der Waals surface area contributed by atoms with Crippen molar-refractivity contribution in [3.8, 4) is 0 Å². The number of nitrogens with one attached hydrogen (secondary N) is 1. The van der Waals surface area contributed by atoms with Crippen molar-refractivity contribution in [1.29, 1.82) is 0 Å². The third-order valence-electron chi connectivity index (χ3n) is 2.32. The van der Waals surface area contributed by atoms with Crippen molar-refractivity contribution in [3.05, 3.63) is 33.4 Å². The first-order valence-electron chi connectivity index (χ1n) is 5.23. The Hall–Kier alpha value is -1.31. The molecule has 1 aromatic carbocycles. The van der Waals surface area contributed by atoms with Crippen molar-refractivity contribution in [2.45, 2.75) is 12.5 Å². The van der Waals surface area contributed by atoms with Gasteiger partial charge >= 0.3 is 12.1 Å². The summed E-state index contributed by atoms with van der Waals surface area (Å²) in [5.74, 6) is -0.501. The minimum Gasteiger partial charge on any atom is -0.467 e. The number of carbonyl (C=O) groups excluding carboxylic acids is 2. The van der Waals surface area contributed by atoms with Crippen molar-refractivity contribution in [3.63, 3.8) is 0 Å². The van der Waals surface area contributed by atoms with Gasteiger partial charge in [-0.2, -0.15) is 0 Å². The van der Waals surface area contributed by atoms with Crippen LogP contribution in [-0.4, -0.2) is 32.3 Å². The molecule has 5 nitrogen and oxygen atoms in total. The zero-order valence-electron chi connectivity index (χ0n) is 10.1. The van der Waals surface area contributed by atoms with Gasteiger partial charge in [0.05, 0.1) is 14.2 Å². The lowest BCUT2D eigenvalue weighted by Gasteiger charge is -2.15. The third-order valence-corrected chi connectivity index (χ3v) is 3.04. The maximum atomic E-state index is 11.5. The van der Waals surface area contributed by atoms with Crippen LogP contribution in [0.5, 0.6) is 0 Å². The van der Waals surface area contributed by atoms with Crippen molar-refractivity contribution in [2.24, 2.45) is 0 Å². The Labute approximate surface area is 119 Å². The van der Waals surface area contributed by atoms with E-state index >= 15 is 0 Å². The fourth-order valence-electron chi connectivity index (χ4n) is 1.39. The summed E-state index contributed by atoms with van der Waals surface area (Å²) < 4.78 is 10.2. The Morgan fingerprint density at radius 2 is 1.83 bits per heavy atom. The number of ether oxygens (including phenoxy) is 2. The summed E-state index contributed by atoms with van der Waals surface area (Å²) >= 11 is 2.20. The van der Waals surface area contributed by atoms with E-state index in [0.29, 0.717) is 6.42 Å². The van der Waals surface area contributed by atoms with Crippen molar-refractivity contribution < 1.29 is 19.1 Å². The molecule has 1 rings (SSSR count). The van der Waals surface area contributed by atoms with E-state index in [0.717, 1.165) is 9.13 Å². The first-order chi connectivity index (χ1) is 8.56. The summed E-state index contributed by atoms with van der Waals surface area (Å²) in [6.07, 6.45) is -0.297. The Balaban J connectivity index is 2.74. The van der Waals surface area contributed by atoms with Gasteiger partial charge in [0.25, 0.3) is 0 Å². The van der Waals surface area contributed by atoms with Crippen molar-refractivity contribution in [2.75, 3.05) is 14.2 Å². The molecule has 1 atom stereocenters. The maximum absolute atomic E-state index is 11.5. The van der Waals surface area contributed by atoms with Crippen LogP contribution in [0.1, 0.15) is 5.56 Å². The topological polar surface area (TPSA) is 64.6 Å². The number of carbonyl (C=O) groups is 2. The van der Waals surface area contributed by atoms with Gasteiger partial charge in [-0.05, 0) is 40.3 Å². The van der Waals surface area contributed by atoms with E-state index in [9.17, 15) is 9.59 Å². The van der Waals surface area contributed by atoms with Gasteiger partial charge < -0.3 is 14.8 Å². The number of methoxy groups -OCH3 is 2. The van der Waals surface area contributed by atoms with Crippen LogP contribution >= 0.6 is 22.6 Å². The highest BCUT2D eigenvalue weighted by Gasteiger charge is 2.22. The molecule has 6 heteroatoms. The fourth-order valence-corrected chi connectivity index (χ4v) is 1.75. The van der Waals surface area contributed by atoms with Crippen LogP contribution in [0.4, 0.5) is 4.79 Å². The summed E-state index contributed by atoms with van der Waals surface area (Å²) in [4.78, 5) is 22.7. The second-order valence-corrected chi connectivity index (χ2v) is 4.79. The van der Waals surface area contributed by atoms with Crippen molar-refractivity contribution in [1.82, 2.24) is 5.32 Å². The molecule has 1 unspecified atom stereocenters. The quantitative estimate of drug-likeness (QED) is 0.654. The SMILES string of the molecule is COC(=O)NC(Cc1ccc(I)cc1)C(=O)OC. The Kier molecular flexibility index (Phi) is 5.90. The minimum absolute atomic E-state index is 0.360. The number of hydrogen-bond acceptors (Lipinski definition) is 4. The molecule has 1 amide bonds. The molecule has 0 aliphatic heterocycles. The molecule has 1 N–H and O–H groups in total. The molecule has 0 aromatic heterocycles. The second-order valence-electron chi connectivity index (χ2n) is 3.54. The van der Waals surface area contributed by atoms with E-state index in [1.54, 1.807) is 0 Å². The molecule has 1 aromatic rings. The zero-order chi connectivity index (χ0) is 13.5. The molecule has 0 fully saturated rings. The number of esters is 1. The lowest BCUT2D eigenvalue weighted by molar-refractivity contribution is -0.142. The van der Waals surface area contributed by atoms with Gasteiger partial charge in [0.1, 0.15) is 6.04 Å². The Morgan fingerprint density at radius 3 is 2.33 bits per heavy atom. The first-order valence-corrected chi connectivity index (χ1v) is 6.31. The van der Waals surface area contributed by atoms with Gasteiger partial charge in [-0.15, -0.1) is 0 Å². The van der Waals surface area contributed by atoms with E-state index < -0.39 is 18.1 Å². The van der Waals surface area contributed by atoms with Gasteiger partial charge in [-0.3, -0.25) is 0 Å². The first kappa shape index (κ1) is 14.7. The number of rotatable bonds is 4. The molecule has 98 valence electrons. The van der Waals surface area contributed by atoms with Gasteiger partial charge in [0.15, 0.2) is 0 Å². The maximum Gasteiger partial charge on any atom is 0.407 e. The number of hydrogen-bond donors (Lipinski definition) is 1. The van der Waals surface area contributed by atoms with E-state index in [1.807, 2.05) is 24.3 Å². The van der Waals surface area contributed by atoms with Gasteiger partial charge in [0.2, 0.25) is 0 Å². The Bertz CT molecular complexity index is 419. The molecule has 0 aliphatic carbocycles. The second kappa shape index (κ2) is 7.20. The van der Waals surface area contributed by atoms with Crippen LogP contribution in [0, 0.1) is 3.57 Å². The van der Waals surface area contributed by atoms with E-state index in [1.165, 1.54) is 14.2 Å². The molecule has 0 aliphatic rings. The van der Waals surface area contributed by atoms with E-state index in [2.05, 4.69) is 37.4 Å². The zero-order valence-corrected chi connectivity index (χ0v) is 12.3. The standard InChI is InChI=1S/C12H14INO4/c1-17-11(15)10(14-12(16)18-2)7-8-3-5-9(13)6-4-8/h3-6,10H,7H2,1-2H3,(H,14,16). The third kappa shape index (κ3) is 4.52. The Morgan fingerprint density at radius 1 is 1.22 bits per heavy atom. The van der Waals surface area contributed by atoms with Crippen LogP contribution in [0.3, 0.4) is 0 Å². The largest absolute Gasteiger partial charge is 0.467 e. The molecule has 0 saturated carbocycles. The summed E-state index contributed by atoms with van der Waals surface area (Å²) in [5.41, 5.74) is 0.933. The smallest absolute Gasteiger partial charge is 0.407 e.